The number of hydrogen-bond acceptors (Lipinski definition) is 4. The first-order valence-electron chi connectivity index (χ1n) is 4.93. The number of nitrogens with one attached hydrogen (secondary N) is 1. The van der Waals surface area contributed by atoms with Gasteiger partial charge in [0.25, 0.3) is 0 Å². The summed E-state index contributed by atoms with van der Waals surface area (Å²) in [6.45, 7) is 0.335. The topological polar surface area (TPSA) is 63.8 Å². The van der Waals surface area contributed by atoms with Crippen LogP contribution in [0.3, 0.4) is 0 Å². The molecule has 88 valence electrons. The lowest BCUT2D eigenvalue weighted by molar-refractivity contribution is 0.628. The number of rotatable bonds is 3. The summed E-state index contributed by atoms with van der Waals surface area (Å²) in [5, 5.41) is 2.96. The van der Waals surface area contributed by atoms with Gasteiger partial charge in [0.05, 0.1) is 10.7 Å². The van der Waals surface area contributed by atoms with E-state index in [4.69, 9.17) is 17.3 Å². The smallest absolute Gasteiger partial charge is 0.227 e. The zero-order chi connectivity index (χ0) is 12.3. The monoisotopic (exact) mass is 252 g/mol. The minimum absolute atomic E-state index is 0.0463. The Morgan fingerprint density at radius 2 is 2.18 bits per heavy atom. The zero-order valence-electron chi connectivity index (χ0n) is 8.82. The molecule has 2 rings (SSSR count). The Morgan fingerprint density at radius 3 is 2.88 bits per heavy atom. The Hall–Kier alpha value is -1.72. The molecule has 0 aliphatic carbocycles. The van der Waals surface area contributed by atoms with Crippen LogP contribution in [0, 0.1) is 5.82 Å². The third kappa shape index (κ3) is 2.89. The third-order valence-corrected chi connectivity index (χ3v) is 2.39. The maximum absolute atomic E-state index is 12.9. The van der Waals surface area contributed by atoms with Gasteiger partial charge >= 0.3 is 0 Å². The Bertz CT molecular complexity index is 533. The highest BCUT2D eigenvalue weighted by Crippen LogP contribution is 2.21. The van der Waals surface area contributed by atoms with Gasteiger partial charge in [-0.1, -0.05) is 11.6 Å². The number of hydrogen-bond donors (Lipinski definition) is 2. The molecule has 2 aromatic rings. The average molecular weight is 253 g/mol. The summed E-state index contributed by atoms with van der Waals surface area (Å²) >= 11 is 5.66. The van der Waals surface area contributed by atoms with Crippen molar-refractivity contribution in [2.24, 2.45) is 5.73 Å². The molecule has 1 aromatic carbocycles. The van der Waals surface area contributed by atoms with E-state index < -0.39 is 5.82 Å². The van der Waals surface area contributed by atoms with Crippen molar-refractivity contribution in [1.29, 1.82) is 0 Å². The lowest BCUT2D eigenvalue weighted by Crippen LogP contribution is -2.03. The highest BCUT2D eigenvalue weighted by atomic mass is 35.5. The fourth-order valence-corrected chi connectivity index (χ4v) is 1.45. The van der Waals surface area contributed by atoms with E-state index in [0.717, 1.165) is 5.69 Å². The van der Waals surface area contributed by atoms with Gasteiger partial charge in [0.15, 0.2) is 0 Å². The van der Waals surface area contributed by atoms with E-state index in [1.165, 1.54) is 12.1 Å². The molecule has 0 amide bonds. The SMILES string of the molecule is NCc1ccnc(Nc2ccc(F)c(Cl)c2)n1. The normalized spacial score (nSPS) is 10.3. The van der Waals surface area contributed by atoms with Crippen molar-refractivity contribution in [1.82, 2.24) is 9.97 Å². The molecule has 0 bridgehead atoms. The van der Waals surface area contributed by atoms with Crippen LogP contribution < -0.4 is 11.1 Å². The molecule has 0 aliphatic heterocycles. The summed E-state index contributed by atoms with van der Waals surface area (Å²) in [4.78, 5) is 8.17. The van der Waals surface area contributed by atoms with Crippen molar-refractivity contribution < 1.29 is 4.39 Å². The first-order valence-corrected chi connectivity index (χ1v) is 5.31. The van der Waals surface area contributed by atoms with Crippen LogP contribution in [0.25, 0.3) is 0 Å². The van der Waals surface area contributed by atoms with Gasteiger partial charge in [-0.25, -0.2) is 14.4 Å². The number of anilines is 2. The van der Waals surface area contributed by atoms with Gasteiger partial charge in [-0.3, -0.25) is 0 Å². The average Bonchev–Trinajstić information content (AvgIpc) is 2.34. The van der Waals surface area contributed by atoms with Crippen LogP contribution in [-0.2, 0) is 6.54 Å². The second-order valence-corrected chi connectivity index (χ2v) is 3.74. The maximum atomic E-state index is 12.9. The number of halogens is 2. The maximum Gasteiger partial charge on any atom is 0.227 e. The van der Waals surface area contributed by atoms with Crippen LogP contribution in [-0.4, -0.2) is 9.97 Å². The van der Waals surface area contributed by atoms with E-state index in [2.05, 4.69) is 15.3 Å². The summed E-state index contributed by atoms with van der Waals surface area (Å²) in [5.74, 6) is -0.0653. The molecule has 0 unspecified atom stereocenters. The molecule has 0 fully saturated rings. The molecular formula is C11H10ClFN4. The largest absolute Gasteiger partial charge is 0.325 e. The second-order valence-electron chi connectivity index (χ2n) is 3.33. The summed E-state index contributed by atoms with van der Waals surface area (Å²) in [6.07, 6.45) is 1.60. The molecule has 0 saturated carbocycles. The molecule has 17 heavy (non-hydrogen) atoms. The quantitative estimate of drug-likeness (QED) is 0.881. The fourth-order valence-electron chi connectivity index (χ4n) is 1.27. The van der Waals surface area contributed by atoms with Gasteiger partial charge in [0.1, 0.15) is 5.82 Å². The molecule has 1 aromatic heterocycles. The van der Waals surface area contributed by atoms with Crippen LogP contribution >= 0.6 is 11.6 Å². The summed E-state index contributed by atoms with van der Waals surface area (Å²) in [6, 6.07) is 6.02. The second kappa shape index (κ2) is 5.07. The standard InChI is InChI=1S/C11H10ClFN4/c12-9-5-7(1-2-10(9)13)16-11-15-4-3-8(6-14)17-11/h1-5H,6,14H2,(H,15,16,17). The highest BCUT2D eigenvalue weighted by molar-refractivity contribution is 6.31. The minimum atomic E-state index is -0.464. The summed E-state index contributed by atoms with van der Waals surface area (Å²) in [7, 11) is 0. The highest BCUT2D eigenvalue weighted by Gasteiger charge is 2.03. The Balaban J connectivity index is 2.22. The third-order valence-electron chi connectivity index (χ3n) is 2.10. The molecule has 6 heteroatoms. The van der Waals surface area contributed by atoms with E-state index in [1.54, 1.807) is 18.3 Å². The molecule has 1 heterocycles. The van der Waals surface area contributed by atoms with Gasteiger partial charge in [-0.15, -0.1) is 0 Å². The van der Waals surface area contributed by atoms with Crippen molar-refractivity contribution >= 4 is 23.2 Å². The van der Waals surface area contributed by atoms with Gasteiger partial charge in [-0.05, 0) is 24.3 Å². The van der Waals surface area contributed by atoms with E-state index in [-0.39, 0.29) is 5.02 Å². The number of benzene rings is 1. The van der Waals surface area contributed by atoms with Crippen LogP contribution in [0.15, 0.2) is 30.5 Å². The van der Waals surface area contributed by atoms with E-state index in [1.807, 2.05) is 0 Å². The van der Waals surface area contributed by atoms with E-state index in [0.29, 0.717) is 18.2 Å². The Kier molecular flexibility index (Phi) is 3.51. The molecule has 4 nitrogen and oxygen atoms in total. The van der Waals surface area contributed by atoms with Crippen molar-refractivity contribution in [3.63, 3.8) is 0 Å². The van der Waals surface area contributed by atoms with Crippen molar-refractivity contribution in [3.05, 3.63) is 47.0 Å². The first-order chi connectivity index (χ1) is 8.19. The Morgan fingerprint density at radius 1 is 1.35 bits per heavy atom. The predicted octanol–water partition coefficient (Wildman–Crippen LogP) is 2.47. The van der Waals surface area contributed by atoms with Crippen molar-refractivity contribution in [2.45, 2.75) is 6.54 Å². The number of nitrogens with zero attached hydrogens (tertiary/aromatic N) is 2. The molecule has 0 saturated heterocycles. The number of nitrogens with two attached hydrogens (primary N) is 1. The predicted molar refractivity (Wildman–Crippen MR) is 64.6 cm³/mol. The van der Waals surface area contributed by atoms with Crippen LogP contribution in [0.1, 0.15) is 5.69 Å². The lowest BCUT2D eigenvalue weighted by atomic mass is 10.3. The molecular weight excluding hydrogens is 243 g/mol. The van der Waals surface area contributed by atoms with Gasteiger partial charge in [0, 0.05) is 18.4 Å². The summed E-state index contributed by atoms with van der Waals surface area (Å²) < 4.78 is 12.9. The molecule has 0 atom stereocenters. The van der Waals surface area contributed by atoms with Crippen molar-refractivity contribution in [3.8, 4) is 0 Å². The summed E-state index contributed by atoms with van der Waals surface area (Å²) in [5.41, 5.74) is 6.80. The van der Waals surface area contributed by atoms with Gasteiger partial charge < -0.3 is 11.1 Å². The van der Waals surface area contributed by atoms with Crippen LogP contribution in [0.5, 0.6) is 0 Å². The molecule has 0 aliphatic rings. The minimum Gasteiger partial charge on any atom is -0.325 e. The molecule has 0 spiro atoms. The lowest BCUT2D eigenvalue weighted by Gasteiger charge is -2.06. The van der Waals surface area contributed by atoms with Crippen LogP contribution in [0.2, 0.25) is 5.02 Å². The van der Waals surface area contributed by atoms with E-state index in [9.17, 15) is 4.39 Å². The molecule has 3 N–H and O–H groups in total. The zero-order valence-corrected chi connectivity index (χ0v) is 9.58. The first kappa shape index (κ1) is 11.8. The molecule has 0 radical (unpaired) electrons. The number of aromatic nitrogens is 2. The van der Waals surface area contributed by atoms with Crippen LogP contribution in [0.4, 0.5) is 16.0 Å². The fraction of sp³-hybridized carbons (Fsp3) is 0.0909. The van der Waals surface area contributed by atoms with Gasteiger partial charge in [-0.2, -0.15) is 0 Å². The van der Waals surface area contributed by atoms with Crippen molar-refractivity contribution in [2.75, 3.05) is 5.32 Å². The van der Waals surface area contributed by atoms with E-state index >= 15 is 0 Å². The van der Waals surface area contributed by atoms with Gasteiger partial charge in [0.2, 0.25) is 5.95 Å². The Labute approximate surface area is 103 Å².